The zero-order valence-corrected chi connectivity index (χ0v) is 12.2. The number of carbonyl (C=O) groups excluding carboxylic acids is 1. The second kappa shape index (κ2) is 5.69. The normalized spacial score (nSPS) is 16.6. The van der Waals surface area contributed by atoms with Crippen LogP contribution in [0.3, 0.4) is 0 Å². The number of primary sulfonamides is 1. The van der Waals surface area contributed by atoms with Crippen LogP contribution in [-0.4, -0.2) is 20.9 Å². The highest BCUT2D eigenvalue weighted by Crippen LogP contribution is 2.36. The maximum Gasteiger partial charge on any atom is 0.254 e. The van der Waals surface area contributed by atoms with E-state index in [0.29, 0.717) is 24.6 Å². The van der Waals surface area contributed by atoms with Gasteiger partial charge in [0, 0.05) is 12.6 Å². The van der Waals surface area contributed by atoms with Crippen LogP contribution in [0.2, 0.25) is 0 Å². The smallest absolute Gasteiger partial charge is 0.254 e. The van der Waals surface area contributed by atoms with E-state index in [0.717, 1.165) is 12.8 Å². The van der Waals surface area contributed by atoms with Crippen molar-refractivity contribution in [3.05, 3.63) is 29.3 Å². The molecule has 1 aromatic carbocycles. The third-order valence-electron chi connectivity index (χ3n) is 3.58. The van der Waals surface area contributed by atoms with Crippen molar-refractivity contribution in [3.8, 4) is 0 Å². The second-order valence-electron chi connectivity index (χ2n) is 5.33. The number of carbonyl (C=O) groups is 1. The minimum Gasteiger partial charge on any atom is -0.352 e. The fourth-order valence-corrected chi connectivity index (χ4v) is 2.71. The van der Waals surface area contributed by atoms with Gasteiger partial charge in [0.2, 0.25) is 10.0 Å². The van der Waals surface area contributed by atoms with Gasteiger partial charge in [-0.2, -0.15) is 0 Å². The van der Waals surface area contributed by atoms with Gasteiger partial charge in [-0.3, -0.25) is 4.79 Å². The summed E-state index contributed by atoms with van der Waals surface area (Å²) in [5.74, 6) is -2.42. The van der Waals surface area contributed by atoms with Crippen molar-refractivity contribution in [3.63, 3.8) is 0 Å². The highest BCUT2D eigenvalue weighted by Gasteiger charge is 2.28. The number of nitrogens with one attached hydrogen (secondary N) is 1. The lowest BCUT2D eigenvalue weighted by Gasteiger charge is -2.12. The number of nitrogens with two attached hydrogens (primary N) is 1. The lowest BCUT2D eigenvalue weighted by Crippen LogP contribution is -2.30. The van der Waals surface area contributed by atoms with Crippen LogP contribution in [0.1, 0.15) is 30.1 Å². The molecule has 0 heterocycles. The summed E-state index contributed by atoms with van der Waals surface area (Å²) < 4.78 is 49.4. The molecule has 1 atom stereocenters. The molecule has 1 unspecified atom stereocenters. The first-order valence-corrected chi connectivity index (χ1v) is 8.05. The Labute approximate surface area is 121 Å². The maximum absolute atomic E-state index is 13.6. The van der Waals surface area contributed by atoms with Gasteiger partial charge in [-0.15, -0.1) is 0 Å². The molecule has 1 fully saturated rings. The number of hydrogen-bond donors (Lipinski definition) is 2. The van der Waals surface area contributed by atoms with Crippen LogP contribution in [0.5, 0.6) is 0 Å². The molecule has 1 aliphatic carbocycles. The predicted molar refractivity (Wildman–Crippen MR) is 72.0 cm³/mol. The van der Waals surface area contributed by atoms with Crippen LogP contribution in [0.4, 0.5) is 8.78 Å². The minimum absolute atomic E-state index is 0.259. The molecule has 116 valence electrons. The van der Waals surface area contributed by atoms with Crippen LogP contribution in [-0.2, 0) is 10.0 Å². The van der Waals surface area contributed by atoms with Crippen LogP contribution < -0.4 is 10.5 Å². The summed E-state index contributed by atoms with van der Waals surface area (Å²) in [6.45, 7) is 2.32. The molecule has 0 saturated heterocycles. The fraction of sp³-hybridized carbons (Fsp3) is 0.462. The number of amides is 1. The van der Waals surface area contributed by atoms with Crippen molar-refractivity contribution in [2.75, 3.05) is 6.54 Å². The molecule has 8 heteroatoms. The first kappa shape index (κ1) is 15.8. The predicted octanol–water partition coefficient (Wildman–Crippen LogP) is 1.39. The van der Waals surface area contributed by atoms with Gasteiger partial charge in [-0.25, -0.2) is 22.3 Å². The average Bonchev–Trinajstić information content (AvgIpc) is 3.18. The lowest BCUT2D eigenvalue weighted by atomic mass is 10.1. The molecule has 1 saturated carbocycles. The highest BCUT2D eigenvalue weighted by molar-refractivity contribution is 7.89. The molecule has 21 heavy (non-hydrogen) atoms. The molecule has 0 aromatic heterocycles. The Kier molecular flexibility index (Phi) is 4.29. The van der Waals surface area contributed by atoms with Crippen molar-refractivity contribution >= 4 is 15.9 Å². The van der Waals surface area contributed by atoms with Gasteiger partial charge in [-0.05, 0) is 30.7 Å². The topological polar surface area (TPSA) is 89.3 Å². The lowest BCUT2D eigenvalue weighted by molar-refractivity contribution is 0.0942. The summed E-state index contributed by atoms with van der Waals surface area (Å²) in [6.07, 6.45) is 2.22. The number of benzene rings is 1. The van der Waals surface area contributed by atoms with E-state index in [-0.39, 0.29) is 5.92 Å². The van der Waals surface area contributed by atoms with Crippen LogP contribution >= 0.6 is 0 Å². The number of rotatable bonds is 5. The summed E-state index contributed by atoms with van der Waals surface area (Å²) in [7, 11) is -4.36. The van der Waals surface area contributed by atoms with Crippen molar-refractivity contribution in [2.45, 2.75) is 24.7 Å². The Bertz CT molecular complexity index is 672. The third kappa shape index (κ3) is 3.76. The molecule has 0 bridgehead atoms. The third-order valence-corrected chi connectivity index (χ3v) is 4.51. The van der Waals surface area contributed by atoms with Gasteiger partial charge in [0.05, 0.1) is 5.56 Å². The van der Waals surface area contributed by atoms with Crippen LogP contribution in [0.15, 0.2) is 17.0 Å². The van der Waals surface area contributed by atoms with E-state index < -0.39 is 38.0 Å². The first-order valence-electron chi connectivity index (χ1n) is 6.50. The Morgan fingerprint density at radius 1 is 1.38 bits per heavy atom. The zero-order valence-electron chi connectivity index (χ0n) is 11.4. The molecule has 0 radical (unpaired) electrons. The first-order chi connectivity index (χ1) is 9.70. The van der Waals surface area contributed by atoms with Gasteiger partial charge in [0.15, 0.2) is 0 Å². The highest BCUT2D eigenvalue weighted by atomic mass is 32.2. The second-order valence-corrected chi connectivity index (χ2v) is 6.86. The molecular formula is C13H16F2N2O3S. The summed E-state index contributed by atoms with van der Waals surface area (Å²) in [5.41, 5.74) is -0.538. The fourth-order valence-electron chi connectivity index (χ4n) is 2.10. The van der Waals surface area contributed by atoms with E-state index >= 15 is 0 Å². The summed E-state index contributed by atoms with van der Waals surface area (Å²) in [4.78, 5) is 11.0. The van der Waals surface area contributed by atoms with Gasteiger partial charge >= 0.3 is 0 Å². The molecule has 5 nitrogen and oxygen atoms in total. The van der Waals surface area contributed by atoms with E-state index in [1.54, 1.807) is 0 Å². The van der Waals surface area contributed by atoms with Gasteiger partial charge in [0.25, 0.3) is 5.91 Å². The van der Waals surface area contributed by atoms with E-state index in [2.05, 4.69) is 5.32 Å². The monoisotopic (exact) mass is 318 g/mol. The Hall–Kier alpha value is -1.54. The largest absolute Gasteiger partial charge is 0.352 e. The molecular weight excluding hydrogens is 302 g/mol. The molecule has 2 rings (SSSR count). The molecule has 1 amide bonds. The van der Waals surface area contributed by atoms with Gasteiger partial charge < -0.3 is 5.32 Å². The van der Waals surface area contributed by atoms with Crippen molar-refractivity contribution in [1.29, 1.82) is 0 Å². The SMILES string of the molecule is CC(CNC(=O)c1cc(S(N)(=O)=O)c(F)cc1F)C1CC1. The molecule has 1 aromatic rings. The molecule has 1 aliphatic rings. The van der Waals surface area contributed by atoms with Crippen LogP contribution in [0, 0.1) is 23.5 Å². The van der Waals surface area contributed by atoms with Gasteiger partial charge in [-0.1, -0.05) is 6.92 Å². The summed E-state index contributed by atoms with van der Waals surface area (Å²) >= 11 is 0. The molecule has 3 N–H and O–H groups in total. The Morgan fingerprint density at radius 3 is 2.52 bits per heavy atom. The van der Waals surface area contributed by atoms with E-state index in [1.807, 2.05) is 6.92 Å². The Balaban J connectivity index is 2.19. The van der Waals surface area contributed by atoms with Crippen molar-refractivity contribution in [1.82, 2.24) is 5.32 Å². The standard InChI is InChI=1S/C13H16F2N2O3S/c1-7(8-2-3-8)6-17-13(18)9-4-12(21(16,19)20)11(15)5-10(9)14/h4-5,7-8H,2-3,6H2,1H3,(H,17,18)(H2,16,19,20). The van der Waals surface area contributed by atoms with E-state index in [4.69, 9.17) is 5.14 Å². The maximum atomic E-state index is 13.6. The Morgan fingerprint density at radius 2 is 2.00 bits per heavy atom. The summed E-state index contributed by atoms with van der Waals surface area (Å²) in [6, 6.07) is 0.968. The van der Waals surface area contributed by atoms with Gasteiger partial charge in [0.1, 0.15) is 16.5 Å². The minimum atomic E-state index is -4.36. The molecule has 0 aliphatic heterocycles. The zero-order chi connectivity index (χ0) is 15.8. The van der Waals surface area contributed by atoms with Crippen molar-refractivity contribution < 1.29 is 22.0 Å². The van der Waals surface area contributed by atoms with E-state index in [9.17, 15) is 22.0 Å². The number of halogens is 2. The molecule has 0 spiro atoms. The van der Waals surface area contributed by atoms with E-state index in [1.165, 1.54) is 0 Å². The van der Waals surface area contributed by atoms with Crippen molar-refractivity contribution in [2.24, 2.45) is 17.0 Å². The van der Waals surface area contributed by atoms with Crippen LogP contribution in [0.25, 0.3) is 0 Å². The quantitative estimate of drug-likeness (QED) is 0.859. The summed E-state index contributed by atoms with van der Waals surface area (Å²) in [5, 5.41) is 7.35. The average molecular weight is 318 g/mol. The number of sulfonamides is 1. The number of hydrogen-bond acceptors (Lipinski definition) is 3.